The maximum Gasteiger partial charge on any atom is 0.261 e. The molecule has 2 aliphatic rings. The Bertz CT molecular complexity index is 2360. The number of imide groups is 1. The highest BCUT2D eigenvalue weighted by Crippen LogP contribution is 2.48. The summed E-state index contributed by atoms with van der Waals surface area (Å²) in [6.07, 6.45) is 3.24. The van der Waals surface area contributed by atoms with Gasteiger partial charge in [-0.15, -0.1) is 0 Å². The first-order valence-corrected chi connectivity index (χ1v) is 23.5. The van der Waals surface area contributed by atoms with Gasteiger partial charge in [-0.25, -0.2) is 4.39 Å². The number of aliphatic hydroxyl groups excluding tert-OH is 2. The van der Waals surface area contributed by atoms with Crippen molar-refractivity contribution in [2.75, 3.05) is 23.4 Å². The number of carbonyl (C=O) groups is 2. The molecule has 0 radical (unpaired) electrons. The number of phenolic OH excluding ortho intramolecular Hbond substituents is 1. The molecular formula is C52H57FN2O6Si. The van der Waals surface area contributed by atoms with Crippen LogP contribution >= 0.6 is 0 Å². The zero-order valence-corrected chi connectivity index (χ0v) is 36.9. The number of hydrogen-bond donors (Lipinski definition) is 4. The average molecular weight is 853 g/mol. The number of phenols is 1. The molecule has 0 spiro atoms. The van der Waals surface area contributed by atoms with Crippen LogP contribution < -0.4 is 20.6 Å². The quantitative estimate of drug-likeness (QED) is 0.0444. The van der Waals surface area contributed by atoms with Gasteiger partial charge in [-0.1, -0.05) is 131 Å². The van der Waals surface area contributed by atoms with Crippen LogP contribution in [-0.2, 0) is 14.0 Å². The molecule has 0 bridgehead atoms. The SMILES string of the molecule is CCC/C(=C\c1ccc(O)c(F)c1)CC[C@@H](O)C1=C(CO[Si](c2ccccc2)(c2ccccc2)C(C)(C)C)C[C@H]2C(=O)N(c3ccc(Nc4ccccc4)cc3)C(=O)[C@H]2[C@H]1CO. The average Bonchev–Trinajstić information content (AvgIpc) is 3.52. The third kappa shape index (κ3) is 9.10. The number of benzene rings is 5. The second-order valence-corrected chi connectivity index (χ2v) is 21.8. The van der Waals surface area contributed by atoms with Crippen molar-refractivity contribution in [2.24, 2.45) is 17.8 Å². The maximum absolute atomic E-state index is 14.6. The van der Waals surface area contributed by atoms with Gasteiger partial charge in [0.15, 0.2) is 11.6 Å². The lowest BCUT2D eigenvalue weighted by Crippen LogP contribution is -2.66. The Morgan fingerprint density at radius 1 is 0.855 bits per heavy atom. The largest absolute Gasteiger partial charge is 0.505 e. The molecular weight excluding hydrogens is 796 g/mol. The number of para-hydroxylation sites is 1. The molecule has 1 aliphatic carbocycles. The van der Waals surface area contributed by atoms with Crippen LogP contribution in [0.2, 0.25) is 5.04 Å². The highest BCUT2D eigenvalue weighted by Gasteiger charge is 2.56. The van der Waals surface area contributed by atoms with Crippen molar-refractivity contribution >= 4 is 53.6 Å². The minimum absolute atomic E-state index is 0.0885. The first kappa shape index (κ1) is 44.4. The number of nitrogens with zero attached hydrogens (tertiary/aromatic N) is 1. The van der Waals surface area contributed by atoms with Crippen molar-refractivity contribution in [3.8, 4) is 5.75 Å². The molecule has 1 heterocycles. The first-order valence-electron chi connectivity index (χ1n) is 21.6. The molecule has 322 valence electrons. The van der Waals surface area contributed by atoms with Crippen molar-refractivity contribution in [1.29, 1.82) is 0 Å². The number of anilines is 3. The Morgan fingerprint density at radius 3 is 2.02 bits per heavy atom. The van der Waals surface area contributed by atoms with E-state index >= 15 is 0 Å². The second-order valence-electron chi connectivity index (χ2n) is 17.5. The summed E-state index contributed by atoms with van der Waals surface area (Å²) in [7, 11) is -3.10. The number of allylic oxidation sites excluding steroid dienone is 1. The van der Waals surface area contributed by atoms with Gasteiger partial charge >= 0.3 is 0 Å². The van der Waals surface area contributed by atoms with Crippen molar-refractivity contribution in [2.45, 2.75) is 70.9 Å². The molecule has 4 N–H and O–H groups in total. The third-order valence-corrected chi connectivity index (χ3v) is 17.4. The Labute approximate surface area is 365 Å². The molecule has 1 saturated heterocycles. The second kappa shape index (κ2) is 19.2. The van der Waals surface area contributed by atoms with E-state index in [1.54, 1.807) is 18.2 Å². The highest BCUT2D eigenvalue weighted by molar-refractivity contribution is 6.99. The Balaban J connectivity index is 1.26. The van der Waals surface area contributed by atoms with E-state index in [2.05, 4.69) is 57.3 Å². The number of rotatable bonds is 16. The fourth-order valence-electron chi connectivity index (χ4n) is 9.60. The summed E-state index contributed by atoms with van der Waals surface area (Å²) in [5.41, 5.74) is 5.00. The summed E-state index contributed by atoms with van der Waals surface area (Å²) >= 11 is 0. The number of aromatic hydroxyl groups is 1. The molecule has 1 fully saturated rings. The first-order chi connectivity index (χ1) is 29.9. The lowest BCUT2D eigenvalue weighted by molar-refractivity contribution is -0.123. The summed E-state index contributed by atoms with van der Waals surface area (Å²) in [6, 6.07) is 41.7. The molecule has 62 heavy (non-hydrogen) atoms. The zero-order valence-electron chi connectivity index (χ0n) is 35.9. The van der Waals surface area contributed by atoms with Gasteiger partial charge in [0.1, 0.15) is 0 Å². The smallest absolute Gasteiger partial charge is 0.261 e. The van der Waals surface area contributed by atoms with E-state index in [1.807, 2.05) is 84.9 Å². The molecule has 0 aromatic heterocycles. The van der Waals surface area contributed by atoms with E-state index < -0.39 is 56.3 Å². The minimum atomic E-state index is -3.10. The van der Waals surface area contributed by atoms with Gasteiger partial charge in [0.05, 0.1) is 36.8 Å². The summed E-state index contributed by atoms with van der Waals surface area (Å²) < 4.78 is 21.8. The number of carbonyl (C=O) groups excluding carboxylic acids is 2. The standard InChI is InChI=1S/C52H57FN2O6Si/c1-5-15-35(30-36-23-28-46(57)45(53)31-36)22-29-47(58)48-37(34-61-62(52(2,3)4,41-18-11-7-12-19-41)42-20-13-8-14-21-42)32-43-49(44(48)33-56)51(60)55(50(43)59)40-26-24-39(25-27-40)54-38-16-9-6-10-17-38/h6-14,16-21,23-28,30-31,43-44,47,49,54,56-58H,5,15,22,29,32-34H2,1-4H3/b35-30+/t43-,44+,47-,49-/m1/s1. The van der Waals surface area contributed by atoms with Crippen LogP contribution in [0, 0.1) is 23.6 Å². The monoisotopic (exact) mass is 852 g/mol. The van der Waals surface area contributed by atoms with E-state index in [-0.39, 0.29) is 30.4 Å². The van der Waals surface area contributed by atoms with Crippen LogP contribution in [0.3, 0.4) is 0 Å². The molecule has 1 aliphatic heterocycles. The highest BCUT2D eigenvalue weighted by atomic mass is 28.4. The van der Waals surface area contributed by atoms with Crippen LogP contribution in [0.25, 0.3) is 6.08 Å². The topological polar surface area (TPSA) is 119 Å². The van der Waals surface area contributed by atoms with Gasteiger partial charge in [-0.05, 0) is 106 Å². The van der Waals surface area contributed by atoms with Gasteiger partial charge < -0.3 is 25.1 Å². The molecule has 8 nitrogen and oxygen atoms in total. The van der Waals surface area contributed by atoms with Crippen LogP contribution in [0.1, 0.15) is 65.4 Å². The van der Waals surface area contributed by atoms with Crippen LogP contribution in [0.5, 0.6) is 5.75 Å². The molecule has 4 atom stereocenters. The normalized spacial score (nSPS) is 18.9. The fourth-order valence-corrected chi connectivity index (χ4v) is 14.1. The predicted octanol–water partition coefficient (Wildman–Crippen LogP) is 9.29. The predicted molar refractivity (Wildman–Crippen MR) is 248 cm³/mol. The van der Waals surface area contributed by atoms with E-state index in [0.29, 0.717) is 29.7 Å². The van der Waals surface area contributed by atoms with Crippen LogP contribution in [0.15, 0.2) is 150 Å². The van der Waals surface area contributed by atoms with Gasteiger partial charge in [0, 0.05) is 17.3 Å². The number of hydrogen-bond acceptors (Lipinski definition) is 7. The molecule has 7 rings (SSSR count). The number of nitrogens with one attached hydrogen (secondary N) is 1. The maximum atomic E-state index is 14.6. The fraction of sp³-hybridized carbons (Fsp3) is 0.308. The van der Waals surface area contributed by atoms with E-state index in [9.17, 15) is 29.3 Å². The zero-order chi connectivity index (χ0) is 44.0. The van der Waals surface area contributed by atoms with Gasteiger partial charge in [-0.3, -0.25) is 14.5 Å². The van der Waals surface area contributed by atoms with Gasteiger partial charge in [0.2, 0.25) is 11.8 Å². The van der Waals surface area contributed by atoms with Crippen LogP contribution in [-0.4, -0.2) is 54.8 Å². The molecule has 0 saturated carbocycles. The molecule has 5 aromatic rings. The van der Waals surface area contributed by atoms with Crippen molar-refractivity contribution in [1.82, 2.24) is 0 Å². The Hall–Kier alpha value is -5.65. The Kier molecular flexibility index (Phi) is 13.7. The van der Waals surface area contributed by atoms with E-state index in [4.69, 9.17) is 4.43 Å². The summed E-state index contributed by atoms with van der Waals surface area (Å²) in [5.74, 6) is -4.37. The molecule has 2 amide bonds. The van der Waals surface area contributed by atoms with E-state index in [0.717, 1.165) is 39.3 Å². The van der Waals surface area contributed by atoms with Crippen molar-refractivity contribution in [3.63, 3.8) is 0 Å². The number of amides is 2. The summed E-state index contributed by atoms with van der Waals surface area (Å²) in [4.78, 5) is 30.4. The van der Waals surface area contributed by atoms with Crippen LogP contribution in [0.4, 0.5) is 21.5 Å². The van der Waals surface area contributed by atoms with Crippen molar-refractivity contribution < 1.29 is 33.7 Å². The lowest BCUT2D eigenvalue weighted by atomic mass is 9.68. The van der Waals surface area contributed by atoms with Gasteiger partial charge in [0.25, 0.3) is 8.32 Å². The number of fused-ring (bicyclic) bond motifs is 1. The summed E-state index contributed by atoms with van der Waals surface area (Å²) in [6.45, 7) is 8.26. The van der Waals surface area contributed by atoms with E-state index in [1.165, 1.54) is 17.0 Å². The molecule has 10 heteroatoms. The Morgan fingerprint density at radius 2 is 1.45 bits per heavy atom. The number of halogens is 1. The third-order valence-electron chi connectivity index (χ3n) is 12.5. The summed E-state index contributed by atoms with van der Waals surface area (Å²) in [5, 5.41) is 38.6. The van der Waals surface area contributed by atoms with Crippen molar-refractivity contribution in [3.05, 3.63) is 162 Å². The lowest BCUT2D eigenvalue weighted by Gasteiger charge is -2.44. The number of aliphatic hydroxyl groups is 2. The van der Waals surface area contributed by atoms with Gasteiger partial charge in [-0.2, -0.15) is 0 Å². The molecule has 0 unspecified atom stereocenters. The minimum Gasteiger partial charge on any atom is -0.505 e. The molecule has 5 aromatic carbocycles.